The molecular weight excluding hydrogens is 449 g/mol. The van der Waals surface area contributed by atoms with Crippen LogP contribution in [-0.4, -0.2) is 45.8 Å². The van der Waals surface area contributed by atoms with Gasteiger partial charge in [0.05, 0.1) is 10.6 Å². The van der Waals surface area contributed by atoms with E-state index in [1.165, 1.54) is 47.4 Å². The highest BCUT2D eigenvalue weighted by atomic mass is 32.2. The van der Waals surface area contributed by atoms with Crippen LogP contribution in [0.4, 0.5) is 15.8 Å². The molecule has 33 heavy (non-hydrogen) atoms. The number of amides is 2. The number of hydrogen-bond acceptors (Lipinski definition) is 5. The lowest BCUT2D eigenvalue weighted by Crippen LogP contribution is -2.27. The molecule has 172 valence electrons. The number of hydrogen-bond donors (Lipinski definition) is 2. The number of benzene rings is 3. The van der Waals surface area contributed by atoms with Crippen molar-refractivity contribution in [3.05, 3.63) is 84.2 Å². The lowest BCUT2D eigenvalue weighted by molar-refractivity contribution is -0.130. The molecule has 0 unspecified atom stereocenters. The van der Waals surface area contributed by atoms with Crippen LogP contribution in [0.3, 0.4) is 0 Å². The van der Waals surface area contributed by atoms with E-state index in [0.717, 1.165) is 6.07 Å². The van der Waals surface area contributed by atoms with Crippen molar-refractivity contribution in [2.24, 2.45) is 0 Å². The van der Waals surface area contributed by atoms with Crippen molar-refractivity contribution in [2.75, 3.05) is 30.7 Å². The lowest BCUT2D eigenvalue weighted by Gasteiger charge is -2.12. The predicted octanol–water partition coefficient (Wildman–Crippen LogP) is 3.35. The molecule has 8 nitrogen and oxygen atoms in total. The maximum atomic E-state index is 13.7. The van der Waals surface area contributed by atoms with E-state index in [-0.39, 0.29) is 28.7 Å². The standard InChI is InChI=1S/C23H22FN3O5S/c1-27(2)22(28)15-32-18-11-9-17(10-12-18)25-23(29)16-7-13-19(14-8-16)33(30,31)26-21-6-4-3-5-20(21)24/h3-14,26H,15H2,1-2H3,(H,25,29). The number of halogens is 1. The largest absolute Gasteiger partial charge is 0.484 e. The van der Waals surface area contributed by atoms with E-state index in [9.17, 15) is 22.4 Å². The van der Waals surface area contributed by atoms with E-state index in [2.05, 4.69) is 10.0 Å². The van der Waals surface area contributed by atoms with Crippen molar-refractivity contribution in [1.82, 2.24) is 4.90 Å². The van der Waals surface area contributed by atoms with Gasteiger partial charge in [-0.05, 0) is 60.7 Å². The second-order valence-electron chi connectivity index (χ2n) is 7.17. The number of likely N-dealkylation sites (N-methyl/N-ethyl adjacent to an activating group) is 1. The molecule has 3 rings (SSSR count). The summed E-state index contributed by atoms with van der Waals surface area (Å²) < 4.78 is 46.3. The van der Waals surface area contributed by atoms with E-state index in [4.69, 9.17) is 4.74 Å². The summed E-state index contributed by atoms with van der Waals surface area (Å²) in [6, 6.07) is 17.1. The summed E-state index contributed by atoms with van der Waals surface area (Å²) in [6.45, 7) is -0.0975. The number of nitrogens with one attached hydrogen (secondary N) is 2. The Bertz CT molecular complexity index is 1240. The molecule has 0 saturated carbocycles. The van der Waals surface area contributed by atoms with Crippen molar-refractivity contribution >= 4 is 33.2 Å². The highest BCUT2D eigenvalue weighted by molar-refractivity contribution is 7.92. The number of anilines is 2. The minimum absolute atomic E-state index is 0.0975. The Kier molecular flexibility index (Phi) is 7.29. The molecule has 0 bridgehead atoms. The molecule has 0 radical (unpaired) electrons. The van der Waals surface area contributed by atoms with Gasteiger partial charge in [-0.25, -0.2) is 12.8 Å². The van der Waals surface area contributed by atoms with Gasteiger partial charge in [0.1, 0.15) is 11.6 Å². The third-order valence-corrected chi connectivity index (χ3v) is 5.90. The van der Waals surface area contributed by atoms with Gasteiger partial charge in [0, 0.05) is 25.3 Å². The zero-order valence-corrected chi connectivity index (χ0v) is 18.7. The van der Waals surface area contributed by atoms with Gasteiger partial charge in [-0.3, -0.25) is 14.3 Å². The summed E-state index contributed by atoms with van der Waals surface area (Å²) in [6.07, 6.45) is 0. The second kappa shape index (κ2) is 10.1. The second-order valence-corrected chi connectivity index (χ2v) is 8.85. The van der Waals surface area contributed by atoms with Crippen LogP contribution in [0.1, 0.15) is 10.4 Å². The van der Waals surface area contributed by atoms with Crippen molar-refractivity contribution in [2.45, 2.75) is 4.90 Å². The van der Waals surface area contributed by atoms with Crippen molar-refractivity contribution in [3.63, 3.8) is 0 Å². The molecule has 0 aliphatic rings. The lowest BCUT2D eigenvalue weighted by atomic mass is 10.2. The van der Waals surface area contributed by atoms with E-state index in [1.807, 2.05) is 0 Å². The fourth-order valence-corrected chi connectivity index (χ4v) is 3.71. The molecule has 0 aliphatic heterocycles. The third kappa shape index (κ3) is 6.30. The summed E-state index contributed by atoms with van der Waals surface area (Å²) in [7, 11) is -0.760. The Morgan fingerprint density at radius 1 is 0.939 bits per heavy atom. The van der Waals surface area contributed by atoms with Gasteiger partial charge < -0.3 is 15.0 Å². The number of para-hydroxylation sites is 1. The van der Waals surface area contributed by atoms with Crippen LogP contribution < -0.4 is 14.8 Å². The first kappa shape index (κ1) is 23.7. The highest BCUT2D eigenvalue weighted by Gasteiger charge is 2.17. The number of carbonyl (C=O) groups excluding carboxylic acids is 2. The Balaban J connectivity index is 1.62. The van der Waals surface area contributed by atoms with Crippen LogP contribution >= 0.6 is 0 Å². The molecule has 0 saturated heterocycles. The molecule has 10 heteroatoms. The van der Waals surface area contributed by atoms with Gasteiger partial charge in [-0.2, -0.15) is 0 Å². The summed E-state index contributed by atoms with van der Waals surface area (Å²) in [4.78, 5) is 25.3. The molecule has 3 aromatic carbocycles. The van der Waals surface area contributed by atoms with Crippen molar-refractivity contribution in [1.29, 1.82) is 0 Å². The van der Waals surface area contributed by atoms with E-state index in [0.29, 0.717) is 11.4 Å². The van der Waals surface area contributed by atoms with Crippen LogP contribution in [0, 0.1) is 5.82 Å². The number of sulfonamides is 1. The van der Waals surface area contributed by atoms with Crippen LogP contribution in [-0.2, 0) is 14.8 Å². The van der Waals surface area contributed by atoms with Gasteiger partial charge in [0.15, 0.2) is 6.61 Å². The Morgan fingerprint density at radius 2 is 1.58 bits per heavy atom. The maximum absolute atomic E-state index is 13.7. The monoisotopic (exact) mass is 471 g/mol. The highest BCUT2D eigenvalue weighted by Crippen LogP contribution is 2.20. The van der Waals surface area contributed by atoms with Gasteiger partial charge in [0.2, 0.25) is 0 Å². The smallest absolute Gasteiger partial charge is 0.261 e. The molecule has 0 heterocycles. The summed E-state index contributed by atoms with van der Waals surface area (Å²) in [5, 5.41) is 2.69. The van der Waals surface area contributed by atoms with E-state index in [1.54, 1.807) is 38.4 Å². The zero-order valence-electron chi connectivity index (χ0n) is 17.9. The maximum Gasteiger partial charge on any atom is 0.261 e. The number of ether oxygens (including phenoxy) is 1. The first-order valence-electron chi connectivity index (χ1n) is 9.77. The molecule has 0 aromatic heterocycles. The topological polar surface area (TPSA) is 105 Å². The predicted molar refractivity (Wildman–Crippen MR) is 122 cm³/mol. The first-order valence-corrected chi connectivity index (χ1v) is 11.3. The van der Waals surface area contributed by atoms with E-state index < -0.39 is 21.7 Å². The van der Waals surface area contributed by atoms with Crippen LogP contribution in [0.25, 0.3) is 0 Å². The Morgan fingerprint density at radius 3 is 2.18 bits per heavy atom. The average molecular weight is 472 g/mol. The fourth-order valence-electron chi connectivity index (χ4n) is 2.65. The summed E-state index contributed by atoms with van der Waals surface area (Å²) in [5.41, 5.74) is 0.554. The molecule has 0 fully saturated rings. The van der Waals surface area contributed by atoms with Gasteiger partial charge in [-0.1, -0.05) is 12.1 Å². The molecule has 2 amide bonds. The Hall–Kier alpha value is -3.92. The minimum Gasteiger partial charge on any atom is -0.484 e. The van der Waals surface area contributed by atoms with Crippen LogP contribution in [0.15, 0.2) is 77.7 Å². The number of nitrogens with zero attached hydrogens (tertiary/aromatic N) is 1. The summed E-state index contributed by atoms with van der Waals surface area (Å²) in [5.74, 6) is -0.850. The minimum atomic E-state index is -4.02. The number of rotatable bonds is 8. The van der Waals surface area contributed by atoms with Crippen molar-refractivity contribution in [3.8, 4) is 5.75 Å². The Labute approximate surface area is 191 Å². The first-order chi connectivity index (χ1) is 15.7. The molecular formula is C23H22FN3O5S. The van der Waals surface area contributed by atoms with Crippen molar-refractivity contribution < 1.29 is 27.1 Å². The normalized spacial score (nSPS) is 10.9. The number of carbonyl (C=O) groups is 2. The molecule has 0 spiro atoms. The average Bonchev–Trinajstić information content (AvgIpc) is 2.79. The zero-order chi connectivity index (χ0) is 24.0. The molecule has 0 aliphatic carbocycles. The summed E-state index contributed by atoms with van der Waals surface area (Å²) >= 11 is 0. The molecule has 0 atom stereocenters. The van der Waals surface area contributed by atoms with Crippen LogP contribution in [0.2, 0.25) is 0 Å². The van der Waals surface area contributed by atoms with Crippen LogP contribution in [0.5, 0.6) is 5.75 Å². The molecule has 2 N–H and O–H groups in total. The third-order valence-electron chi connectivity index (χ3n) is 4.52. The molecule has 3 aromatic rings. The van der Waals surface area contributed by atoms with Gasteiger partial charge in [-0.15, -0.1) is 0 Å². The van der Waals surface area contributed by atoms with E-state index >= 15 is 0 Å². The fraction of sp³-hybridized carbons (Fsp3) is 0.130. The van der Waals surface area contributed by atoms with Gasteiger partial charge >= 0.3 is 0 Å². The van der Waals surface area contributed by atoms with Gasteiger partial charge in [0.25, 0.3) is 21.8 Å². The SMILES string of the molecule is CN(C)C(=O)COc1ccc(NC(=O)c2ccc(S(=O)(=O)Nc3ccccc3F)cc2)cc1. The quantitative estimate of drug-likeness (QED) is 0.524.